The van der Waals surface area contributed by atoms with Crippen LogP contribution in [0.2, 0.25) is 0 Å². The third-order valence-corrected chi connectivity index (χ3v) is 2.33. The molecule has 0 atom stereocenters. The van der Waals surface area contributed by atoms with E-state index in [1.54, 1.807) is 6.20 Å². The van der Waals surface area contributed by atoms with E-state index in [-0.39, 0.29) is 0 Å². The Morgan fingerprint density at radius 2 is 2.12 bits per heavy atom. The molecule has 0 aliphatic rings. The van der Waals surface area contributed by atoms with Gasteiger partial charge in [-0.05, 0) is 37.9 Å². The first-order valence-electron chi connectivity index (χ1n) is 5.94. The van der Waals surface area contributed by atoms with Crippen LogP contribution in [0.5, 0.6) is 5.75 Å². The van der Waals surface area contributed by atoms with Crippen molar-refractivity contribution in [3.63, 3.8) is 0 Å². The smallest absolute Gasteiger partial charge is 0.137 e. The molecule has 0 aromatic carbocycles. The number of nitrogens with one attached hydrogen (secondary N) is 1. The van der Waals surface area contributed by atoms with Gasteiger partial charge < -0.3 is 10.1 Å². The summed E-state index contributed by atoms with van der Waals surface area (Å²) in [6.45, 7) is 9.08. The Hall–Kier alpha value is -1.09. The molecular formula is C13H22N2O. The van der Waals surface area contributed by atoms with E-state index in [9.17, 15) is 0 Å². The molecule has 3 heteroatoms. The number of hydrogen-bond acceptors (Lipinski definition) is 3. The van der Waals surface area contributed by atoms with E-state index in [1.807, 2.05) is 19.1 Å². The number of rotatable bonds is 7. The molecule has 1 rings (SSSR count). The summed E-state index contributed by atoms with van der Waals surface area (Å²) in [4.78, 5) is 4.17. The van der Waals surface area contributed by atoms with Gasteiger partial charge in [-0.25, -0.2) is 0 Å². The van der Waals surface area contributed by atoms with Crippen molar-refractivity contribution in [2.75, 3.05) is 19.7 Å². The summed E-state index contributed by atoms with van der Waals surface area (Å²) in [6, 6.07) is 3.91. The molecule has 1 aromatic rings. The molecule has 16 heavy (non-hydrogen) atoms. The summed E-state index contributed by atoms with van der Waals surface area (Å²) in [5.41, 5.74) is 1.02. The minimum atomic E-state index is 0.697. The zero-order valence-electron chi connectivity index (χ0n) is 10.5. The van der Waals surface area contributed by atoms with Crippen molar-refractivity contribution >= 4 is 0 Å². The van der Waals surface area contributed by atoms with Crippen LogP contribution in [0.15, 0.2) is 18.3 Å². The molecule has 0 saturated carbocycles. The van der Waals surface area contributed by atoms with Crippen LogP contribution in [0.25, 0.3) is 0 Å². The molecule has 0 radical (unpaired) electrons. The molecule has 0 spiro atoms. The monoisotopic (exact) mass is 222 g/mol. The quantitative estimate of drug-likeness (QED) is 0.719. The summed E-state index contributed by atoms with van der Waals surface area (Å²) in [5.74, 6) is 1.60. The Balaban J connectivity index is 2.05. The fourth-order valence-electron chi connectivity index (χ4n) is 1.30. The Morgan fingerprint density at radius 1 is 1.31 bits per heavy atom. The van der Waals surface area contributed by atoms with E-state index in [4.69, 9.17) is 4.74 Å². The molecule has 0 aliphatic heterocycles. The van der Waals surface area contributed by atoms with Crippen LogP contribution in [0.1, 0.15) is 26.0 Å². The lowest BCUT2D eigenvalue weighted by atomic mass is 10.1. The first-order chi connectivity index (χ1) is 7.68. The van der Waals surface area contributed by atoms with Gasteiger partial charge in [0.15, 0.2) is 0 Å². The lowest BCUT2D eigenvalue weighted by molar-refractivity contribution is 0.311. The Kier molecular flexibility index (Phi) is 5.86. The number of pyridine rings is 1. The van der Waals surface area contributed by atoms with Crippen molar-refractivity contribution in [2.45, 2.75) is 27.2 Å². The van der Waals surface area contributed by atoms with Gasteiger partial charge in [0.25, 0.3) is 0 Å². The third-order valence-electron chi connectivity index (χ3n) is 2.33. The van der Waals surface area contributed by atoms with Crippen molar-refractivity contribution in [1.29, 1.82) is 0 Å². The summed E-state index contributed by atoms with van der Waals surface area (Å²) in [6.07, 6.45) is 2.98. The molecule has 0 aliphatic carbocycles. The van der Waals surface area contributed by atoms with Crippen LogP contribution >= 0.6 is 0 Å². The second-order valence-electron chi connectivity index (χ2n) is 4.42. The first-order valence-corrected chi connectivity index (χ1v) is 5.94. The van der Waals surface area contributed by atoms with Crippen molar-refractivity contribution in [1.82, 2.24) is 10.3 Å². The second-order valence-corrected chi connectivity index (χ2v) is 4.42. The topological polar surface area (TPSA) is 34.1 Å². The van der Waals surface area contributed by atoms with E-state index in [1.165, 1.54) is 6.42 Å². The third kappa shape index (κ3) is 5.71. The fourth-order valence-corrected chi connectivity index (χ4v) is 1.30. The molecule has 1 N–H and O–H groups in total. The van der Waals surface area contributed by atoms with Crippen LogP contribution in [-0.4, -0.2) is 24.7 Å². The highest BCUT2D eigenvalue weighted by Gasteiger charge is 1.95. The van der Waals surface area contributed by atoms with Gasteiger partial charge in [0.2, 0.25) is 0 Å². The molecule has 1 heterocycles. The normalized spacial score (nSPS) is 10.8. The van der Waals surface area contributed by atoms with Crippen LogP contribution in [-0.2, 0) is 0 Å². The predicted octanol–water partition coefficient (Wildman–Crippen LogP) is 2.40. The Labute approximate surface area is 98.2 Å². The summed E-state index contributed by atoms with van der Waals surface area (Å²) in [5, 5.41) is 3.35. The number of aromatic nitrogens is 1. The second kappa shape index (κ2) is 7.23. The molecule has 0 fully saturated rings. The van der Waals surface area contributed by atoms with Crippen molar-refractivity contribution in [2.24, 2.45) is 5.92 Å². The Bertz CT molecular complexity index is 282. The zero-order chi connectivity index (χ0) is 11.8. The molecule has 90 valence electrons. The molecule has 0 bridgehead atoms. The number of aryl methyl sites for hydroxylation is 1. The lowest BCUT2D eigenvalue weighted by Crippen LogP contribution is -2.23. The highest BCUT2D eigenvalue weighted by atomic mass is 16.5. The molecule has 0 unspecified atom stereocenters. The maximum absolute atomic E-state index is 5.54. The number of nitrogens with zero attached hydrogens (tertiary/aromatic N) is 1. The van der Waals surface area contributed by atoms with E-state index in [0.717, 1.165) is 30.5 Å². The maximum atomic E-state index is 5.54. The van der Waals surface area contributed by atoms with Crippen molar-refractivity contribution < 1.29 is 4.74 Å². The fraction of sp³-hybridized carbons (Fsp3) is 0.615. The van der Waals surface area contributed by atoms with Gasteiger partial charge in [0.05, 0.1) is 6.20 Å². The van der Waals surface area contributed by atoms with Gasteiger partial charge in [-0.2, -0.15) is 0 Å². The summed E-state index contributed by atoms with van der Waals surface area (Å²) in [7, 11) is 0. The molecule has 1 aromatic heterocycles. The van der Waals surface area contributed by atoms with Gasteiger partial charge in [0.1, 0.15) is 12.4 Å². The van der Waals surface area contributed by atoms with Gasteiger partial charge >= 0.3 is 0 Å². The van der Waals surface area contributed by atoms with E-state index >= 15 is 0 Å². The van der Waals surface area contributed by atoms with Crippen LogP contribution in [0.4, 0.5) is 0 Å². The first kappa shape index (κ1) is 13.0. The summed E-state index contributed by atoms with van der Waals surface area (Å²) >= 11 is 0. The standard InChI is InChI=1S/C13H22N2O/c1-11(2)6-7-14-8-9-16-13-5-4-12(3)15-10-13/h4-5,10-11,14H,6-9H2,1-3H3. The average Bonchev–Trinajstić information content (AvgIpc) is 2.25. The molecule has 0 amide bonds. The highest BCUT2D eigenvalue weighted by Crippen LogP contribution is 2.07. The Morgan fingerprint density at radius 3 is 2.75 bits per heavy atom. The number of hydrogen-bond donors (Lipinski definition) is 1. The van der Waals surface area contributed by atoms with E-state index in [2.05, 4.69) is 24.1 Å². The van der Waals surface area contributed by atoms with Gasteiger partial charge in [-0.1, -0.05) is 13.8 Å². The molecular weight excluding hydrogens is 200 g/mol. The van der Waals surface area contributed by atoms with Crippen molar-refractivity contribution in [3.05, 3.63) is 24.0 Å². The molecule has 3 nitrogen and oxygen atoms in total. The number of ether oxygens (including phenoxy) is 1. The predicted molar refractivity (Wildman–Crippen MR) is 66.8 cm³/mol. The largest absolute Gasteiger partial charge is 0.491 e. The molecule has 0 saturated heterocycles. The van der Waals surface area contributed by atoms with Gasteiger partial charge in [-0.15, -0.1) is 0 Å². The van der Waals surface area contributed by atoms with E-state index < -0.39 is 0 Å². The van der Waals surface area contributed by atoms with Gasteiger partial charge in [-0.3, -0.25) is 4.98 Å². The van der Waals surface area contributed by atoms with E-state index in [0.29, 0.717) is 6.61 Å². The lowest BCUT2D eigenvalue weighted by Gasteiger charge is -2.08. The highest BCUT2D eigenvalue weighted by molar-refractivity contribution is 5.18. The minimum absolute atomic E-state index is 0.697. The van der Waals surface area contributed by atoms with Gasteiger partial charge in [0, 0.05) is 12.2 Å². The van der Waals surface area contributed by atoms with Crippen LogP contribution in [0, 0.1) is 12.8 Å². The van der Waals surface area contributed by atoms with Crippen molar-refractivity contribution in [3.8, 4) is 5.75 Å². The van der Waals surface area contributed by atoms with Crippen LogP contribution < -0.4 is 10.1 Å². The summed E-state index contributed by atoms with van der Waals surface area (Å²) < 4.78 is 5.54. The zero-order valence-corrected chi connectivity index (χ0v) is 10.5. The van der Waals surface area contributed by atoms with Crippen LogP contribution in [0.3, 0.4) is 0 Å². The minimum Gasteiger partial charge on any atom is -0.491 e. The SMILES string of the molecule is Cc1ccc(OCCNCCC(C)C)cn1. The maximum Gasteiger partial charge on any atom is 0.137 e. The average molecular weight is 222 g/mol.